The molecule has 8 heteroatoms. The standard InChI is InChI=1S/C13H20N2O4S2/c14-10-13(11-4-2-1-3-5-11)15-21(18,19)12-6-8-20(16,17)9-7-12/h1-5,12-13,15H,6-10,14H2. The van der Waals surface area contributed by atoms with E-state index in [2.05, 4.69) is 4.72 Å². The highest BCUT2D eigenvalue weighted by Crippen LogP contribution is 2.21. The molecule has 1 atom stereocenters. The Bertz CT molecular complexity index is 657. The van der Waals surface area contributed by atoms with E-state index < -0.39 is 31.2 Å². The Morgan fingerprint density at radius 2 is 1.76 bits per heavy atom. The molecule has 1 aliphatic rings. The van der Waals surface area contributed by atoms with Crippen molar-refractivity contribution in [1.29, 1.82) is 0 Å². The molecule has 21 heavy (non-hydrogen) atoms. The Hall–Kier alpha value is -0.960. The fourth-order valence-electron chi connectivity index (χ4n) is 2.41. The summed E-state index contributed by atoms with van der Waals surface area (Å²) in [5.74, 6) is -0.144. The molecule has 1 saturated heterocycles. The molecule has 1 aromatic carbocycles. The summed E-state index contributed by atoms with van der Waals surface area (Å²) in [4.78, 5) is 0. The van der Waals surface area contributed by atoms with E-state index in [1.807, 2.05) is 30.3 Å². The van der Waals surface area contributed by atoms with Crippen LogP contribution >= 0.6 is 0 Å². The van der Waals surface area contributed by atoms with Gasteiger partial charge in [0.05, 0.1) is 22.8 Å². The van der Waals surface area contributed by atoms with Crippen molar-refractivity contribution >= 4 is 19.9 Å². The molecule has 0 aliphatic carbocycles. The second kappa shape index (κ2) is 6.43. The SMILES string of the molecule is NCC(NS(=O)(=O)C1CCS(=O)(=O)CC1)c1ccccc1. The van der Waals surface area contributed by atoms with Crippen molar-refractivity contribution in [1.82, 2.24) is 4.72 Å². The third kappa shape index (κ3) is 4.26. The molecular formula is C13H20N2O4S2. The molecule has 1 aliphatic heterocycles. The highest BCUT2D eigenvalue weighted by atomic mass is 32.2. The largest absolute Gasteiger partial charge is 0.329 e. The molecule has 0 bridgehead atoms. The van der Waals surface area contributed by atoms with Crippen molar-refractivity contribution in [2.24, 2.45) is 5.73 Å². The van der Waals surface area contributed by atoms with Gasteiger partial charge < -0.3 is 5.73 Å². The number of sulfone groups is 1. The molecule has 1 unspecified atom stereocenters. The van der Waals surface area contributed by atoms with E-state index in [4.69, 9.17) is 5.73 Å². The van der Waals surface area contributed by atoms with Gasteiger partial charge >= 0.3 is 0 Å². The molecule has 0 aromatic heterocycles. The average Bonchev–Trinajstić information content (AvgIpc) is 2.45. The Labute approximate surface area is 125 Å². The van der Waals surface area contributed by atoms with Crippen LogP contribution in [0.1, 0.15) is 24.4 Å². The number of nitrogens with two attached hydrogens (primary N) is 1. The summed E-state index contributed by atoms with van der Waals surface area (Å²) in [5, 5.41) is -0.668. The third-order valence-corrected chi connectivity index (χ3v) is 7.36. The first kappa shape index (κ1) is 16.4. The summed E-state index contributed by atoms with van der Waals surface area (Å²) in [5.41, 5.74) is 6.46. The number of rotatable bonds is 5. The van der Waals surface area contributed by atoms with Gasteiger partial charge in [0.25, 0.3) is 0 Å². The zero-order chi connectivity index (χ0) is 15.5. The molecule has 0 spiro atoms. The van der Waals surface area contributed by atoms with Gasteiger partial charge in [-0.05, 0) is 18.4 Å². The summed E-state index contributed by atoms with van der Waals surface area (Å²) < 4.78 is 50.1. The van der Waals surface area contributed by atoms with Crippen molar-refractivity contribution < 1.29 is 16.8 Å². The Morgan fingerprint density at radius 3 is 2.29 bits per heavy atom. The zero-order valence-corrected chi connectivity index (χ0v) is 13.2. The number of benzene rings is 1. The molecular weight excluding hydrogens is 312 g/mol. The minimum absolute atomic E-state index is 0.0722. The quantitative estimate of drug-likeness (QED) is 0.800. The molecule has 1 fully saturated rings. The molecule has 1 heterocycles. The summed E-state index contributed by atoms with van der Waals surface area (Å²) in [6.07, 6.45) is 0.285. The van der Waals surface area contributed by atoms with E-state index in [9.17, 15) is 16.8 Å². The predicted octanol–water partition coefficient (Wildman–Crippen LogP) is 0.183. The summed E-state index contributed by atoms with van der Waals surface area (Å²) >= 11 is 0. The minimum atomic E-state index is -3.59. The summed E-state index contributed by atoms with van der Waals surface area (Å²) in [6, 6.07) is 8.61. The molecule has 1 aromatic rings. The molecule has 0 amide bonds. The molecule has 0 saturated carbocycles. The van der Waals surface area contributed by atoms with E-state index in [0.717, 1.165) is 5.56 Å². The minimum Gasteiger partial charge on any atom is -0.329 e. The van der Waals surface area contributed by atoms with Crippen molar-refractivity contribution in [2.45, 2.75) is 24.1 Å². The lowest BCUT2D eigenvalue weighted by Gasteiger charge is -2.25. The van der Waals surface area contributed by atoms with Crippen LogP contribution in [0.15, 0.2) is 30.3 Å². The molecule has 6 nitrogen and oxygen atoms in total. The maximum atomic E-state index is 12.4. The maximum absolute atomic E-state index is 12.4. The van der Waals surface area contributed by atoms with E-state index in [0.29, 0.717) is 0 Å². The van der Waals surface area contributed by atoms with Gasteiger partial charge in [0.15, 0.2) is 0 Å². The molecule has 3 N–H and O–H groups in total. The maximum Gasteiger partial charge on any atom is 0.215 e. The molecule has 118 valence electrons. The number of sulfonamides is 1. The van der Waals surface area contributed by atoms with Crippen LogP contribution in [0.25, 0.3) is 0 Å². The smallest absolute Gasteiger partial charge is 0.215 e. The first-order valence-electron chi connectivity index (χ1n) is 6.80. The van der Waals surface area contributed by atoms with Crippen LogP contribution in [0.5, 0.6) is 0 Å². The Balaban J connectivity index is 2.10. The van der Waals surface area contributed by atoms with Gasteiger partial charge in [-0.3, -0.25) is 0 Å². The van der Waals surface area contributed by atoms with Crippen LogP contribution in [0.2, 0.25) is 0 Å². The highest BCUT2D eigenvalue weighted by molar-refractivity contribution is 7.92. The average molecular weight is 332 g/mol. The van der Waals surface area contributed by atoms with Crippen molar-refractivity contribution in [3.63, 3.8) is 0 Å². The van der Waals surface area contributed by atoms with Gasteiger partial charge in [-0.15, -0.1) is 0 Å². The molecule has 2 rings (SSSR count). The second-order valence-corrected chi connectivity index (χ2v) is 9.51. The van der Waals surface area contributed by atoms with Gasteiger partial charge in [0.2, 0.25) is 10.0 Å². The van der Waals surface area contributed by atoms with Gasteiger partial charge in [-0.25, -0.2) is 21.6 Å². The number of hydrogen-bond donors (Lipinski definition) is 2. The fourth-order valence-corrected chi connectivity index (χ4v) is 5.88. The van der Waals surface area contributed by atoms with Crippen LogP contribution in [0, 0.1) is 0 Å². The van der Waals surface area contributed by atoms with Gasteiger partial charge in [-0.2, -0.15) is 0 Å². The van der Waals surface area contributed by atoms with Crippen LogP contribution in [0.4, 0.5) is 0 Å². The lowest BCUT2D eigenvalue weighted by molar-refractivity contribution is 0.527. The monoisotopic (exact) mass is 332 g/mol. The summed E-state index contributed by atoms with van der Waals surface area (Å²) in [6.45, 7) is 0.147. The highest BCUT2D eigenvalue weighted by Gasteiger charge is 2.34. The van der Waals surface area contributed by atoms with E-state index in [-0.39, 0.29) is 30.9 Å². The van der Waals surface area contributed by atoms with Gasteiger partial charge in [0.1, 0.15) is 9.84 Å². The fraction of sp³-hybridized carbons (Fsp3) is 0.538. The Kier molecular flexibility index (Phi) is 5.03. The van der Waals surface area contributed by atoms with E-state index >= 15 is 0 Å². The first-order valence-corrected chi connectivity index (χ1v) is 10.2. The lowest BCUT2D eigenvalue weighted by Crippen LogP contribution is -2.42. The van der Waals surface area contributed by atoms with Gasteiger partial charge in [-0.1, -0.05) is 30.3 Å². The Morgan fingerprint density at radius 1 is 1.19 bits per heavy atom. The lowest BCUT2D eigenvalue weighted by atomic mass is 10.1. The van der Waals surface area contributed by atoms with Crippen LogP contribution in [-0.2, 0) is 19.9 Å². The first-order chi connectivity index (χ1) is 9.84. The number of hydrogen-bond acceptors (Lipinski definition) is 5. The van der Waals surface area contributed by atoms with Gasteiger partial charge in [0, 0.05) is 6.54 Å². The second-order valence-electron chi connectivity index (χ2n) is 5.21. The summed E-state index contributed by atoms with van der Waals surface area (Å²) in [7, 11) is -6.67. The predicted molar refractivity (Wildman–Crippen MR) is 82.0 cm³/mol. The van der Waals surface area contributed by atoms with Crippen molar-refractivity contribution in [3.05, 3.63) is 35.9 Å². The number of nitrogens with one attached hydrogen (secondary N) is 1. The van der Waals surface area contributed by atoms with Crippen molar-refractivity contribution in [3.8, 4) is 0 Å². The van der Waals surface area contributed by atoms with E-state index in [1.165, 1.54) is 0 Å². The topological polar surface area (TPSA) is 106 Å². The zero-order valence-electron chi connectivity index (χ0n) is 11.6. The van der Waals surface area contributed by atoms with Crippen molar-refractivity contribution in [2.75, 3.05) is 18.1 Å². The van der Waals surface area contributed by atoms with E-state index in [1.54, 1.807) is 0 Å². The van der Waals surface area contributed by atoms with Crippen LogP contribution in [0.3, 0.4) is 0 Å². The normalized spacial score (nSPS) is 21.0. The molecule has 0 radical (unpaired) electrons. The third-order valence-electron chi connectivity index (χ3n) is 3.68. The van der Waals surface area contributed by atoms with Crippen LogP contribution in [-0.4, -0.2) is 40.1 Å². The van der Waals surface area contributed by atoms with Crippen LogP contribution < -0.4 is 10.5 Å².